The van der Waals surface area contributed by atoms with Crippen molar-refractivity contribution >= 4 is 29.0 Å². The van der Waals surface area contributed by atoms with Crippen LogP contribution in [0.25, 0.3) is 0 Å². The van der Waals surface area contributed by atoms with Crippen LogP contribution < -0.4 is 9.64 Å². The summed E-state index contributed by atoms with van der Waals surface area (Å²) in [7, 11) is 1.55. The molecule has 1 aliphatic rings. The summed E-state index contributed by atoms with van der Waals surface area (Å²) in [6.07, 6.45) is 0.601. The zero-order chi connectivity index (χ0) is 16.4. The lowest BCUT2D eigenvalue weighted by molar-refractivity contribution is -0.118. The first kappa shape index (κ1) is 15.6. The van der Waals surface area contributed by atoms with Gasteiger partial charge in [-0.25, -0.2) is 0 Å². The average molecular weight is 330 g/mol. The van der Waals surface area contributed by atoms with Crippen LogP contribution in [0.1, 0.15) is 22.3 Å². The molecule has 0 saturated heterocycles. The van der Waals surface area contributed by atoms with Crippen LogP contribution in [0.4, 0.5) is 5.69 Å². The van der Waals surface area contributed by atoms with Crippen LogP contribution in [-0.4, -0.2) is 25.3 Å². The molecule has 5 heteroatoms. The van der Waals surface area contributed by atoms with Gasteiger partial charge < -0.3 is 9.64 Å². The van der Waals surface area contributed by atoms with Crippen molar-refractivity contribution in [2.24, 2.45) is 0 Å². The van der Waals surface area contributed by atoms with E-state index in [9.17, 15) is 9.59 Å². The highest BCUT2D eigenvalue weighted by molar-refractivity contribution is 6.30. The van der Waals surface area contributed by atoms with Crippen LogP contribution in [0.2, 0.25) is 5.02 Å². The molecule has 0 aromatic heterocycles. The van der Waals surface area contributed by atoms with Crippen LogP contribution in [0.3, 0.4) is 0 Å². The van der Waals surface area contributed by atoms with E-state index in [-0.39, 0.29) is 18.1 Å². The van der Waals surface area contributed by atoms with Crippen molar-refractivity contribution in [3.63, 3.8) is 0 Å². The first-order chi connectivity index (χ1) is 11.1. The maximum Gasteiger partial charge on any atom is 0.231 e. The highest BCUT2D eigenvalue weighted by atomic mass is 35.5. The summed E-state index contributed by atoms with van der Waals surface area (Å²) >= 11 is 5.86. The number of hydrogen-bond donors (Lipinski definition) is 0. The number of fused-ring (bicyclic) bond motifs is 1. The second-order valence-corrected chi connectivity index (χ2v) is 5.84. The SMILES string of the molecule is COc1ccc2c(c1)C(=O)CCN2C(=O)Cc1ccc(Cl)cc1. The number of hydrogen-bond acceptors (Lipinski definition) is 3. The minimum atomic E-state index is -0.0359. The lowest BCUT2D eigenvalue weighted by atomic mass is 9.99. The molecule has 0 radical (unpaired) electrons. The molecule has 0 atom stereocenters. The Kier molecular flexibility index (Phi) is 4.35. The summed E-state index contributed by atoms with van der Waals surface area (Å²) in [5, 5.41) is 0.641. The van der Waals surface area contributed by atoms with Gasteiger partial charge in [0.05, 0.1) is 19.2 Å². The van der Waals surface area contributed by atoms with Gasteiger partial charge in [0.15, 0.2) is 5.78 Å². The number of carbonyl (C=O) groups excluding carboxylic acids is 2. The minimum absolute atomic E-state index is 0.0359. The summed E-state index contributed by atoms with van der Waals surface area (Å²) in [6, 6.07) is 12.4. The lowest BCUT2D eigenvalue weighted by Gasteiger charge is -2.29. The standard InChI is InChI=1S/C18H16ClNO3/c1-23-14-6-7-16-15(11-14)17(21)8-9-20(16)18(22)10-12-2-4-13(19)5-3-12/h2-7,11H,8-10H2,1H3. The van der Waals surface area contributed by atoms with Gasteiger partial charge in [0.1, 0.15) is 5.75 Å². The summed E-state index contributed by atoms with van der Waals surface area (Å²) in [4.78, 5) is 26.4. The largest absolute Gasteiger partial charge is 0.497 e. The molecule has 2 aromatic rings. The van der Waals surface area contributed by atoms with Crippen molar-refractivity contribution in [3.8, 4) is 5.75 Å². The van der Waals surface area contributed by atoms with Gasteiger partial charge in [0.2, 0.25) is 5.91 Å². The molecule has 23 heavy (non-hydrogen) atoms. The molecule has 1 aliphatic heterocycles. The van der Waals surface area contributed by atoms with Crippen molar-refractivity contribution in [1.29, 1.82) is 0 Å². The zero-order valence-corrected chi connectivity index (χ0v) is 13.5. The molecule has 1 amide bonds. The Morgan fingerprint density at radius 3 is 2.65 bits per heavy atom. The number of carbonyl (C=O) groups is 2. The highest BCUT2D eigenvalue weighted by Gasteiger charge is 2.27. The van der Waals surface area contributed by atoms with E-state index in [1.165, 1.54) is 0 Å². The van der Waals surface area contributed by atoms with Gasteiger partial charge in [-0.2, -0.15) is 0 Å². The second kappa shape index (κ2) is 6.42. The Balaban J connectivity index is 1.86. The third kappa shape index (κ3) is 3.22. The van der Waals surface area contributed by atoms with Crippen molar-refractivity contribution in [2.45, 2.75) is 12.8 Å². The molecule has 0 saturated carbocycles. The van der Waals surface area contributed by atoms with E-state index in [1.807, 2.05) is 12.1 Å². The summed E-state index contributed by atoms with van der Waals surface area (Å²) in [6.45, 7) is 0.407. The van der Waals surface area contributed by atoms with Gasteiger partial charge in [-0.1, -0.05) is 23.7 Å². The molecule has 2 aromatic carbocycles. The Hall–Kier alpha value is -2.33. The molecule has 0 N–H and O–H groups in total. The van der Waals surface area contributed by atoms with Gasteiger partial charge in [0, 0.05) is 23.6 Å². The number of nitrogens with zero attached hydrogens (tertiary/aromatic N) is 1. The maximum atomic E-state index is 12.6. The zero-order valence-electron chi connectivity index (χ0n) is 12.7. The average Bonchev–Trinajstić information content (AvgIpc) is 2.57. The number of halogens is 1. The summed E-state index contributed by atoms with van der Waals surface area (Å²) in [5.74, 6) is 0.616. The van der Waals surface area contributed by atoms with E-state index >= 15 is 0 Å². The van der Waals surface area contributed by atoms with E-state index in [0.717, 1.165) is 5.56 Å². The Bertz CT molecular complexity index is 755. The molecule has 0 unspecified atom stereocenters. The Labute approximate surface area is 139 Å². The smallest absolute Gasteiger partial charge is 0.231 e. The maximum absolute atomic E-state index is 12.6. The fourth-order valence-electron chi connectivity index (χ4n) is 2.70. The molecule has 4 nitrogen and oxygen atoms in total. The number of Topliss-reactive ketones (excluding diaryl/α,β-unsaturated/α-hetero) is 1. The molecular weight excluding hydrogens is 314 g/mol. The van der Waals surface area contributed by atoms with Crippen LogP contribution in [0.15, 0.2) is 42.5 Å². The molecule has 118 valence electrons. The predicted molar refractivity (Wildman–Crippen MR) is 89.5 cm³/mol. The minimum Gasteiger partial charge on any atom is -0.497 e. The number of amides is 1. The van der Waals surface area contributed by atoms with Crippen LogP contribution in [0.5, 0.6) is 5.75 Å². The number of ketones is 1. The second-order valence-electron chi connectivity index (χ2n) is 5.40. The monoisotopic (exact) mass is 329 g/mol. The molecule has 1 heterocycles. The number of ether oxygens (including phenoxy) is 1. The first-order valence-corrected chi connectivity index (χ1v) is 7.72. The van der Waals surface area contributed by atoms with Crippen LogP contribution >= 0.6 is 11.6 Å². The van der Waals surface area contributed by atoms with Crippen LogP contribution in [-0.2, 0) is 11.2 Å². The van der Waals surface area contributed by atoms with Gasteiger partial charge >= 0.3 is 0 Å². The lowest BCUT2D eigenvalue weighted by Crippen LogP contribution is -2.38. The van der Waals surface area contributed by atoms with Gasteiger partial charge in [-0.15, -0.1) is 0 Å². The molecule has 3 rings (SSSR count). The molecular formula is C18H16ClNO3. The van der Waals surface area contributed by atoms with Gasteiger partial charge in [-0.3, -0.25) is 9.59 Å². The molecule has 0 bridgehead atoms. The van der Waals surface area contributed by atoms with Crippen molar-refractivity contribution in [1.82, 2.24) is 0 Å². The highest BCUT2D eigenvalue weighted by Crippen LogP contribution is 2.31. The Morgan fingerprint density at radius 1 is 1.22 bits per heavy atom. The Morgan fingerprint density at radius 2 is 1.96 bits per heavy atom. The normalized spacial score (nSPS) is 13.7. The summed E-state index contributed by atoms with van der Waals surface area (Å²) < 4.78 is 5.16. The molecule has 0 aliphatic carbocycles. The number of methoxy groups -OCH3 is 1. The van der Waals surface area contributed by atoms with E-state index in [4.69, 9.17) is 16.3 Å². The fourth-order valence-corrected chi connectivity index (χ4v) is 2.83. The van der Waals surface area contributed by atoms with E-state index in [0.29, 0.717) is 35.0 Å². The third-order valence-corrected chi connectivity index (χ3v) is 4.18. The fraction of sp³-hybridized carbons (Fsp3) is 0.222. The number of rotatable bonds is 3. The quantitative estimate of drug-likeness (QED) is 0.865. The van der Waals surface area contributed by atoms with E-state index in [1.54, 1.807) is 42.3 Å². The molecule has 0 spiro atoms. The van der Waals surface area contributed by atoms with Gasteiger partial charge in [-0.05, 0) is 35.9 Å². The number of benzene rings is 2. The van der Waals surface area contributed by atoms with Crippen molar-refractivity contribution in [3.05, 3.63) is 58.6 Å². The van der Waals surface area contributed by atoms with Crippen LogP contribution in [0, 0.1) is 0 Å². The van der Waals surface area contributed by atoms with E-state index in [2.05, 4.69) is 0 Å². The van der Waals surface area contributed by atoms with Crippen molar-refractivity contribution < 1.29 is 14.3 Å². The van der Waals surface area contributed by atoms with Gasteiger partial charge in [0.25, 0.3) is 0 Å². The first-order valence-electron chi connectivity index (χ1n) is 7.34. The topological polar surface area (TPSA) is 46.6 Å². The molecule has 0 fully saturated rings. The summed E-state index contributed by atoms with van der Waals surface area (Å²) in [5.41, 5.74) is 2.09. The number of anilines is 1. The van der Waals surface area contributed by atoms with E-state index < -0.39 is 0 Å². The van der Waals surface area contributed by atoms with Crippen molar-refractivity contribution in [2.75, 3.05) is 18.6 Å². The third-order valence-electron chi connectivity index (χ3n) is 3.93. The predicted octanol–water partition coefficient (Wildman–Crippen LogP) is 3.51.